The lowest BCUT2D eigenvalue weighted by Gasteiger charge is -2.11. The van der Waals surface area contributed by atoms with Gasteiger partial charge in [-0.1, -0.05) is 18.5 Å². The highest BCUT2D eigenvalue weighted by Crippen LogP contribution is 2.34. The minimum atomic E-state index is -3.71. The average molecular weight is 469 g/mol. The molecule has 1 aliphatic heterocycles. The summed E-state index contributed by atoms with van der Waals surface area (Å²) < 4.78 is 30.5. The van der Waals surface area contributed by atoms with Crippen LogP contribution in [0.5, 0.6) is 5.75 Å². The van der Waals surface area contributed by atoms with Gasteiger partial charge in [0.15, 0.2) is 9.84 Å². The molecular weight excluding hydrogens is 448 g/mol. The zero-order chi connectivity index (χ0) is 21.9. The van der Waals surface area contributed by atoms with Crippen molar-refractivity contribution in [2.75, 3.05) is 29.2 Å². The molecule has 2 N–H and O–H groups in total. The fourth-order valence-electron chi connectivity index (χ4n) is 2.79. The minimum Gasteiger partial charge on any atom is -0.495 e. The molecule has 10 heteroatoms. The Morgan fingerprint density at radius 1 is 1.30 bits per heavy atom. The van der Waals surface area contributed by atoms with Crippen LogP contribution < -0.4 is 15.4 Å². The number of fused-ring (bicyclic) bond motifs is 1. The lowest BCUT2D eigenvalue weighted by Crippen LogP contribution is -2.20. The molecule has 3 rings (SSSR count). The maximum Gasteiger partial charge on any atom is 0.228 e. The Hall–Kier alpha value is -2.23. The zero-order valence-corrected chi connectivity index (χ0v) is 18.8. The molecule has 160 valence electrons. The Balaban J connectivity index is 1.67. The number of sulfone groups is 1. The molecule has 1 atom stereocenters. The molecule has 2 aromatic rings. The van der Waals surface area contributed by atoms with Crippen molar-refractivity contribution in [1.82, 2.24) is 0 Å². The van der Waals surface area contributed by atoms with E-state index >= 15 is 0 Å². The number of rotatable bonds is 6. The van der Waals surface area contributed by atoms with Gasteiger partial charge in [-0.25, -0.2) is 8.42 Å². The first-order valence-corrected chi connectivity index (χ1v) is 12.1. The molecule has 2 aromatic carbocycles. The van der Waals surface area contributed by atoms with E-state index < -0.39 is 15.7 Å². The first-order valence-electron chi connectivity index (χ1n) is 9.13. The van der Waals surface area contributed by atoms with Crippen LogP contribution in [0.4, 0.5) is 11.4 Å². The predicted molar refractivity (Wildman–Crippen MR) is 118 cm³/mol. The Kier molecular flexibility index (Phi) is 6.95. The van der Waals surface area contributed by atoms with Crippen molar-refractivity contribution in [1.29, 1.82) is 0 Å². The summed E-state index contributed by atoms with van der Waals surface area (Å²) in [4.78, 5) is 25.1. The fraction of sp³-hybridized carbons (Fsp3) is 0.300. The monoisotopic (exact) mass is 468 g/mol. The largest absolute Gasteiger partial charge is 0.495 e. The van der Waals surface area contributed by atoms with Gasteiger partial charge in [0, 0.05) is 28.7 Å². The van der Waals surface area contributed by atoms with Crippen molar-refractivity contribution < 1.29 is 22.7 Å². The van der Waals surface area contributed by atoms with Gasteiger partial charge in [-0.05, 0) is 36.4 Å². The summed E-state index contributed by atoms with van der Waals surface area (Å²) in [5, 5.41) is 5.73. The van der Waals surface area contributed by atoms with E-state index in [2.05, 4.69) is 10.6 Å². The van der Waals surface area contributed by atoms with Gasteiger partial charge in [0.1, 0.15) is 5.75 Å². The van der Waals surface area contributed by atoms with Crippen LogP contribution in [0.2, 0.25) is 5.02 Å². The van der Waals surface area contributed by atoms with Crippen LogP contribution in [-0.2, 0) is 19.4 Å². The normalized spacial score (nSPS) is 16.2. The van der Waals surface area contributed by atoms with Crippen LogP contribution in [0.15, 0.2) is 46.2 Å². The van der Waals surface area contributed by atoms with Gasteiger partial charge in [0.25, 0.3) is 0 Å². The van der Waals surface area contributed by atoms with E-state index in [-0.39, 0.29) is 28.9 Å². The maximum absolute atomic E-state index is 12.7. The number of hydrogen-bond donors (Lipinski definition) is 2. The lowest BCUT2D eigenvalue weighted by molar-refractivity contribution is -0.118. The second-order valence-electron chi connectivity index (χ2n) is 6.83. The number of amides is 2. The van der Waals surface area contributed by atoms with Crippen LogP contribution in [0, 0.1) is 5.92 Å². The second kappa shape index (κ2) is 9.28. The van der Waals surface area contributed by atoms with Gasteiger partial charge in [-0.3, -0.25) is 9.59 Å². The molecule has 0 spiro atoms. The van der Waals surface area contributed by atoms with E-state index in [0.29, 0.717) is 27.9 Å². The van der Waals surface area contributed by atoms with Gasteiger partial charge in [0.05, 0.1) is 28.5 Å². The molecule has 0 radical (unpaired) electrons. The van der Waals surface area contributed by atoms with E-state index in [0.717, 1.165) is 4.90 Å². The highest BCUT2D eigenvalue weighted by Gasteiger charge is 2.23. The van der Waals surface area contributed by atoms with Crippen molar-refractivity contribution >= 4 is 56.4 Å². The molecular formula is C20H21ClN2O5S2. The van der Waals surface area contributed by atoms with Gasteiger partial charge in [-0.15, -0.1) is 11.8 Å². The number of carbonyl (C=O) groups excluding carboxylic acids is 2. The molecule has 0 saturated carbocycles. The summed E-state index contributed by atoms with van der Waals surface area (Å²) in [7, 11) is -2.23. The van der Waals surface area contributed by atoms with E-state index in [4.69, 9.17) is 16.3 Å². The van der Waals surface area contributed by atoms with E-state index in [1.165, 1.54) is 37.1 Å². The fourth-order valence-corrected chi connectivity index (χ4v) is 5.32. The third kappa shape index (κ3) is 5.27. The first-order chi connectivity index (χ1) is 14.2. The summed E-state index contributed by atoms with van der Waals surface area (Å²) in [6.45, 7) is 1.82. The summed E-state index contributed by atoms with van der Waals surface area (Å²) in [6.07, 6.45) is -0.221. The number of halogens is 1. The second-order valence-corrected chi connectivity index (χ2v) is 10.4. The molecule has 30 heavy (non-hydrogen) atoms. The van der Waals surface area contributed by atoms with Crippen molar-refractivity contribution in [3.8, 4) is 5.75 Å². The van der Waals surface area contributed by atoms with Crippen molar-refractivity contribution in [3.05, 3.63) is 41.4 Å². The van der Waals surface area contributed by atoms with Gasteiger partial charge in [-0.2, -0.15) is 0 Å². The average Bonchev–Trinajstić information content (AvgIpc) is 2.84. The first kappa shape index (κ1) is 22.5. The summed E-state index contributed by atoms with van der Waals surface area (Å²) in [5.74, 6) is -0.0299. The summed E-state index contributed by atoms with van der Waals surface area (Å²) in [6, 6.07) is 9.40. The Bertz CT molecular complexity index is 1090. The highest BCUT2D eigenvalue weighted by molar-refractivity contribution is 7.99. The third-order valence-electron chi connectivity index (χ3n) is 4.54. The molecule has 0 aromatic heterocycles. The number of thioether (sulfide) groups is 1. The molecule has 7 nitrogen and oxygen atoms in total. The molecule has 1 aliphatic rings. The Labute approximate surface area is 184 Å². The highest BCUT2D eigenvalue weighted by atomic mass is 35.5. The van der Waals surface area contributed by atoms with E-state index in [1.807, 2.05) is 6.92 Å². The number of ether oxygens (including phenoxy) is 1. The van der Waals surface area contributed by atoms with E-state index in [9.17, 15) is 18.0 Å². The van der Waals surface area contributed by atoms with Gasteiger partial charge < -0.3 is 15.4 Å². The molecule has 2 amide bonds. The lowest BCUT2D eigenvalue weighted by atomic mass is 10.2. The summed E-state index contributed by atoms with van der Waals surface area (Å²) >= 11 is 7.53. The SMILES string of the molecule is COc1ccc(NC(=O)CCS(=O)(=O)c2ccc3c(c2)NC(=O)C(C)CS3)cc1Cl. The number of anilines is 2. The number of nitrogens with one attached hydrogen (secondary N) is 2. The van der Waals surface area contributed by atoms with Crippen molar-refractivity contribution in [2.45, 2.75) is 23.1 Å². The molecule has 0 bridgehead atoms. The quantitative estimate of drug-likeness (QED) is 0.668. The van der Waals surface area contributed by atoms with Crippen LogP contribution in [0.3, 0.4) is 0 Å². The number of hydrogen-bond acceptors (Lipinski definition) is 6. The molecule has 0 fully saturated rings. The standard InChI is InChI=1S/C20H21ClN2O5S2/c1-12-11-29-18-6-4-14(10-16(18)23-20(12)25)30(26,27)8-7-19(24)22-13-3-5-17(28-2)15(21)9-13/h3-6,9-10,12H,7-8,11H2,1-2H3,(H,22,24)(H,23,25). The minimum absolute atomic E-state index is 0.0667. The third-order valence-corrected chi connectivity index (χ3v) is 7.88. The van der Waals surface area contributed by atoms with Crippen LogP contribution >= 0.6 is 23.4 Å². The molecule has 1 unspecified atom stereocenters. The Morgan fingerprint density at radius 2 is 2.07 bits per heavy atom. The summed E-state index contributed by atoms with van der Waals surface area (Å²) in [5.41, 5.74) is 0.926. The van der Waals surface area contributed by atoms with Crippen LogP contribution in [-0.4, -0.2) is 38.8 Å². The maximum atomic E-state index is 12.7. The van der Waals surface area contributed by atoms with E-state index in [1.54, 1.807) is 18.2 Å². The van der Waals surface area contributed by atoms with Gasteiger partial charge >= 0.3 is 0 Å². The van der Waals surface area contributed by atoms with Gasteiger partial charge in [0.2, 0.25) is 11.8 Å². The van der Waals surface area contributed by atoms with Crippen molar-refractivity contribution in [3.63, 3.8) is 0 Å². The molecule has 0 aliphatic carbocycles. The predicted octanol–water partition coefficient (Wildman–Crippen LogP) is 3.83. The number of benzene rings is 2. The van der Waals surface area contributed by atoms with Crippen LogP contribution in [0.1, 0.15) is 13.3 Å². The Morgan fingerprint density at radius 3 is 2.77 bits per heavy atom. The number of carbonyl (C=O) groups is 2. The topological polar surface area (TPSA) is 102 Å². The van der Waals surface area contributed by atoms with Crippen molar-refractivity contribution in [2.24, 2.45) is 5.92 Å². The number of methoxy groups -OCH3 is 1. The smallest absolute Gasteiger partial charge is 0.228 e. The zero-order valence-electron chi connectivity index (χ0n) is 16.4. The molecule has 0 saturated heterocycles. The molecule has 1 heterocycles. The van der Waals surface area contributed by atoms with Crippen LogP contribution in [0.25, 0.3) is 0 Å².